The fourth-order valence-corrected chi connectivity index (χ4v) is 6.73. The van der Waals surface area contributed by atoms with Gasteiger partial charge in [-0.1, -0.05) is 69.9 Å². The van der Waals surface area contributed by atoms with Gasteiger partial charge in [-0.2, -0.15) is 0 Å². The largest absolute Gasteiger partial charge is 0.134 e. The molecule has 0 fully saturated rings. The van der Waals surface area contributed by atoms with Crippen LogP contribution >= 0.6 is 22.7 Å². The van der Waals surface area contributed by atoms with Crippen molar-refractivity contribution in [3.8, 4) is 0 Å². The molecule has 0 nitrogen and oxygen atoms in total. The van der Waals surface area contributed by atoms with Crippen molar-refractivity contribution in [2.24, 2.45) is 0 Å². The van der Waals surface area contributed by atoms with E-state index in [-0.39, 0.29) is 0 Å². The second-order valence-corrected chi connectivity index (χ2v) is 9.47. The molecule has 0 N–H and O–H groups in total. The molecule has 0 amide bonds. The Morgan fingerprint density at radius 2 is 1.46 bits per heavy atom. The highest BCUT2D eigenvalue weighted by Gasteiger charge is 2.14. The first-order valence-electron chi connectivity index (χ1n) is 10.2. The van der Waals surface area contributed by atoms with Crippen LogP contribution in [0.4, 0.5) is 0 Å². The van der Waals surface area contributed by atoms with Crippen LogP contribution in [0.1, 0.15) is 63.5 Å². The van der Waals surface area contributed by atoms with Gasteiger partial charge < -0.3 is 0 Å². The Hall–Kier alpha value is -1.38. The molecule has 136 valence electrons. The van der Waals surface area contributed by atoms with Gasteiger partial charge >= 0.3 is 0 Å². The molecule has 0 saturated carbocycles. The summed E-state index contributed by atoms with van der Waals surface area (Å²) >= 11 is 4.02. The van der Waals surface area contributed by atoms with Gasteiger partial charge in [0.1, 0.15) is 0 Å². The molecular weight excluding hydrogens is 352 g/mol. The lowest BCUT2D eigenvalue weighted by atomic mass is 10.1. The average Bonchev–Trinajstić information content (AvgIpc) is 3.18. The molecule has 0 unspecified atom stereocenters. The number of fused-ring (bicyclic) bond motifs is 5. The van der Waals surface area contributed by atoms with Crippen LogP contribution in [0.5, 0.6) is 0 Å². The van der Waals surface area contributed by atoms with Crippen LogP contribution in [-0.4, -0.2) is 0 Å². The lowest BCUT2D eigenvalue weighted by Crippen LogP contribution is -1.85. The molecule has 4 rings (SSSR count). The van der Waals surface area contributed by atoms with Gasteiger partial charge in [-0.3, -0.25) is 0 Å². The van der Waals surface area contributed by atoms with Crippen LogP contribution in [0, 0.1) is 0 Å². The fraction of sp³-hybridized carbons (Fsp3) is 0.417. The highest BCUT2D eigenvalue weighted by atomic mass is 32.1. The third-order valence-corrected chi connectivity index (χ3v) is 8.00. The van der Waals surface area contributed by atoms with Gasteiger partial charge in [-0.25, -0.2) is 0 Å². The molecule has 0 atom stereocenters. The van der Waals surface area contributed by atoms with Gasteiger partial charge in [-0.05, 0) is 42.9 Å². The van der Waals surface area contributed by atoms with Crippen molar-refractivity contribution >= 4 is 52.2 Å². The first kappa shape index (κ1) is 18.0. The molecule has 0 saturated heterocycles. The van der Waals surface area contributed by atoms with Gasteiger partial charge in [0.05, 0.1) is 9.40 Å². The fourth-order valence-electron chi connectivity index (χ4n) is 3.88. The molecule has 0 radical (unpaired) electrons. The summed E-state index contributed by atoms with van der Waals surface area (Å²) in [6.07, 6.45) is 10.3. The number of benzene rings is 2. The molecule has 2 heteroatoms. The smallest absolute Gasteiger partial charge is 0.0542 e. The van der Waals surface area contributed by atoms with Gasteiger partial charge in [0, 0.05) is 20.2 Å². The molecule has 4 aromatic rings. The Morgan fingerprint density at radius 3 is 2.27 bits per heavy atom. The summed E-state index contributed by atoms with van der Waals surface area (Å²) in [6, 6.07) is 14.1. The Bertz CT molecular complexity index is 1020. The number of unbranched alkanes of at least 4 members (excludes halogenated alkanes) is 4. The molecule has 0 bridgehead atoms. The maximum Gasteiger partial charge on any atom is 0.0542 e. The van der Waals surface area contributed by atoms with E-state index in [1.807, 2.05) is 22.7 Å². The summed E-state index contributed by atoms with van der Waals surface area (Å²) < 4.78 is 6.00. The topological polar surface area (TPSA) is 0 Å². The molecule has 2 aromatic carbocycles. The van der Waals surface area contributed by atoms with Crippen LogP contribution in [0.3, 0.4) is 0 Å². The summed E-state index contributed by atoms with van der Waals surface area (Å²) in [7, 11) is 0. The van der Waals surface area contributed by atoms with Crippen LogP contribution in [0.2, 0.25) is 0 Å². The van der Waals surface area contributed by atoms with E-state index in [9.17, 15) is 0 Å². The van der Waals surface area contributed by atoms with E-state index in [1.54, 1.807) is 5.56 Å². The van der Waals surface area contributed by atoms with Crippen molar-refractivity contribution < 1.29 is 0 Å². The summed E-state index contributed by atoms with van der Waals surface area (Å²) in [5.41, 5.74) is 3.05. The van der Waals surface area contributed by atoms with E-state index in [1.165, 1.54) is 86.5 Å². The Labute approximate surface area is 164 Å². The maximum absolute atomic E-state index is 2.44. The molecular formula is C24H28S2. The van der Waals surface area contributed by atoms with Crippen molar-refractivity contribution in [2.75, 3.05) is 0 Å². The molecule has 2 aromatic heterocycles. The third kappa shape index (κ3) is 3.42. The molecule has 0 aliphatic heterocycles. The zero-order valence-electron chi connectivity index (χ0n) is 15.9. The lowest BCUT2D eigenvalue weighted by Gasteiger charge is -2.03. The monoisotopic (exact) mass is 380 g/mol. The minimum absolute atomic E-state index is 1.22. The van der Waals surface area contributed by atoms with Crippen molar-refractivity contribution in [1.82, 2.24) is 0 Å². The molecule has 0 aliphatic rings. The predicted molar refractivity (Wildman–Crippen MR) is 121 cm³/mol. The van der Waals surface area contributed by atoms with Gasteiger partial charge in [0.15, 0.2) is 0 Å². The van der Waals surface area contributed by atoms with Gasteiger partial charge in [0.2, 0.25) is 0 Å². The SMILES string of the molecule is CCCCCc1ccc2c(c1)sc1c3cccc(CCCCC)c3sc21. The standard InChI is InChI=1S/C24H28S2/c1-3-5-7-10-17-14-15-19-21(16-17)25-24-20-13-9-12-18(11-8-6-4-2)22(20)26-23(19)24/h9,12-16H,3-8,10-11H2,1-2H3. The summed E-state index contributed by atoms with van der Waals surface area (Å²) in [5, 5.41) is 2.94. The first-order chi connectivity index (χ1) is 12.8. The second kappa shape index (κ2) is 8.10. The number of hydrogen-bond donors (Lipinski definition) is 0. The Kier molecular flexibility index (Phi) is 5.61. The van der Waals surface area contributed by atoms with E-state index in [0.717, 1.165) is 0 Å². The van der Waals surface area contributed by atoms with Crippen LogP contribution in [0.15, 0.2) is 36.4 Å². The highest BCUT2D eigenvalue weighted by Crippen LogP contribution is 2.45. The normalized spacial score (nSPS) is 11.9. The van der Waals surface area contributed by atoms with Crippen molar-refractivity contribution in [3.63, 3.8) is 0 Å². The number of rotatable bonds is 8. The minimum Gasteiger partial charge on any atom is -0.134 e. The number of hydrogen-bond acceptors (Lipinski definition) is 2. The highest BCUT2D eigenvalue weighted by molar-refractivity contribution is 7.36. The third-order valence-electron chi connectivity index (χ3n) is 5.37. The van der Waals surface area contributed by atoms with Crippen molar-refractivity contribution in [2.45, 2.75) is 65.2 Å². The summed E-state index contributed by atoms with van der Waals surface area (Å²) in [6.45, 7) is 4.56. The average molecular weight is 381 g/mol. The quantitative estimate of drug-likeness (QED) is 0.268. The summed E-state index contributed by atoms with van der Waals surface area (Å²) in [5.74, 6) is 0. The molecule has 0 spiro atoms. The van der Waals surface area contributed by atoms with Crippen LogP contribution in [-0.2, 0) is 12.8 Å². The van der Waals surface area contributed by atoms with Crippen molar-refractivity contribution in [3.05, 3.63) is 47.5 Å². The second-order valence-electron chi connectivity index (χ2n) is 7.40. The van der Waals surface area contributed by atoms with E-state index in [0.29, 0.717) is 0 Å². The van der Waals surface area contributed by atoms with E-state index < -0.39 is 0 Å². The Balaban J connectivity index is 1.73. The zero-order valence-corrected chi connectivity index (χ0v) is 17.6. The Morgan fingerprint density at radius 1 is 0.692 bits per heavy atom. The van der Waals surface area contributed by atoms with Crippen LogP contribution in [0.25, 0.3) is 29.6 Å². The molecule has 2 heterocycles. The van der Waals surface area contributed by atoms with Gasteiger partial charge in [0.25, 0.3) is 0 Å². The first-order valence-corrected chi connectivity index (χ1v) is 11.8. The summed E-state index contributed by atoms with van der Waals surface area (Å²) in [4.78, 5) is 0. The van der Waals surface area contributed by atoms with Crippen molar-refractivity contribution in [1.29, 1.82) is 0 Å². The van der Waals surface area contributed by atoms with E-state index in [2.05, 4.69) is 50.2 Å². The maximum atomic E-state index is 2.44. The van der Waals surface area contributed by atoms with Crippen LogP contribution < -0.4 is 0 Å². The lowest BCUT2D eigenvalue weighted by molar-refractivity contribution is 0.718. The molecule has 0 aliphatic carbocycles. The molecule has 26 heavy (non-hydrogen) atoms. The van der Waals surface area contributed by atoms with E-state index >= 15 is 0 Å². The number of aryl methyl sites for hydroxylation is 2. The predicted octanol–water partition coefficient (Wildman–Crippen LogP) is 8.73. The van der Waals surface area contributed by atoms with E-state index in [4.69, 9.17) is 0 Å². The number of thiophene rings is 2. The van der Waals surface area contributed by atoms with Gasteiger partial charge in [-0.15, -0.1) is 22.7 Å². The zero-order chi connectivity index (χ0) is 17.9. The minimum atomic E-state index is 1.22.